The summed E-state index contributed by atoms with van der Waals surface area (Å²) >= 11 is 1.63. The summed E-state index contributed by atoms with van der Waals surface area (Å²) in [7, 11) is 0. The average Bonchev–Trinajstić information content (AvgIpc) is 3.58. The zero-order chi connectivity index (χ0) is 25.4. The van der Waals surface area contributed by atoms with Crippen molar-refractivity contribution in [1.82, 2.24) is 25.2 Å². The molecule has 3 unspecified atom stereocenters. The number of rotatable bonds is 10. The largest absolute Gasteiger partial charge is 0.466 e. The number of benzene rings is 1. The van der Waals surface area contributed by atoms with Gasteiger partial charge in [-0.15, -0.1) is 16.9 Å². The number of hydrogen-bond acceptors (Lipinski definition) is 8. The number of amides is 2. The van der Waals surface area contributed by atoms with Gasteiger partial charge in [0.2, 0.25) is 11.8 Å². The molecule has 3 aliphatic rings. The number of fused-ring (bicyclic) bond motifs is 2. The molecule has 3 aliphatic heterocycles. The fraction of sp³-hybridized carbons (Fsp3) is 0.640. The SMILES string of the molecule is CCOC(=O)[C@@H]1[C@H]2C(=O)N(CCCCCO)C(C(=O)NCn3nnc4ccccc43)C23S[C@@H]1CC3C. The second-order valence-corrected chi connectivity index (χ2v) is 11.4. The van der Waals surface area contributed by atoms with E-state index in [0.29, 0.717) is 19.4 Å². The molecule has 10 nitrogen and oxygen atoms in total. The number of likely N-dealkylation sites (tertiary alicyclic amines) is 1. The van der Waals surface area contributed by atoms with Gasteiger partial charge in [-0.1, -0.05) is 24.3 Å². The highest BCUT2D eigenvalue weighted by molar-refractivity contribution is 8.02. The Kier molecular flexibility index (Phi) is 6.95. The van der Waals surface area contributed by atoms with Gasteiger partial charge in [0, 0.05) is 18.4 Å². The number of carbonyl (C=O) groups excluding carboxylic acids is 3. The number of carbonyl (C=O) groups is 3. The summed E-state index contributed by atoms with van der Waals surface area (Å²) < 4.78 is 6.34. The molecule has 3 saturated heterocycles. The van der Waals surface area contributed by atoms with E-state index in [1.165, 1.54) is 0 Å². The monoisotopic (exact) mass is 515 g/mol. The molecular formula is C25H33N5O5S. The number of hydrogen-bond donors (Lipinski definition) is 2. The van der Waals surface area contributed by atoms with Crippen molar-refractivity contribution < 1.29 is 24.2 Å². The van der Waals surface area contributed by atoms with Crippen LogP contribution >= 0.6 is 11.8 Å². The van der Waals surface area contributed by atoms with Gasteiger partial charge in [0.05, 0.1) is 28.7 Å². The molecule has 36 heavy (non-hydrogen) atoms. The van der Waals surface area contributed by atoms with Crippen LogP contribution in [-0.2, 0) is 25.8 Å². The Balaban J connectivity index is 1.43. The van der Waals surface area contributed by atoms with Crippen LogP contribution in [0, 0.1) is 17.8 Å². The van der Waals surface area contributed by atoms with Crippen molar-refractivity contribution in [2.75, 3.05) is 19.8 Å². The molecule has 2 N–H and O–H groups in total. The molecule has 194 valence electrons. The van der Waals surface area contributed by atoms with Crippen molar-refractivity contribution in [2.45, 2.75) is 62.2 Å². The summed E-state index contributed by atoms with van der Waals surface area (Å²) in [6, 6.07) is 6.83. The molecule has 1 aromatic carbocycles. The lowest BCUT2D eigenvalue weighted by Crippen LogP contribution is -2.56. The molecule has 0 aliphatic carbocycles. The van der Waals surface area contributed by atoms with Crippen molar-refractivity contribution in [1.29, 1.82) is 0 Å². The van der Waals surface area contributed by atoms with Gasteiger partial charge in [-0.2, -0.15) is 0 Å². The van der Waals surface area contributed by atoms with E-state index < -0.39 is 22.6 Å². The van der Waals surface area contributed by atoms with E-state index in [1.807, 2.05) is 24.3 Å². The zero-order valence-corrected chi connectivity index (χ0v) is 21.4. The van der Waals surface area contributed by atoms with E-state index in [0.717, 1.165) is 23.9 Å². The molecule has 5 rings (SSSR count). The van der Waals surface area contributed by atoms with E-state index in [2.05, 4.69) is 22.6 Å². The summed E-state index contributed by atoms with van der Waals surface area (Å²) in [6.07, 6.45) is 2.85. The van der Waals surface area contributed by atoms with Crippen LogP contribution in [0.4, 0.5) is 0 Å². The zero-order valence-electron chi connectivity index (χ0n) is 20.6. The van der Waals surface area contributed by atoms with Crippen molar-refractivity contribution in [2.24, 2.45) is 17.8 Å². The van der Waals surface area contributed by atoms with E-state index in [1.54, 1.807) is 28.3 Å². The summed E-state index contributed by atoms with van der Waals surface area (Å²) in [5.41, 5.74) is 1.55. The normalized spacial score (nSPS) is 30.7. The Morgan fingerprint density at radius 3 is 2.86 bits per heavy atom. The fourth-order valence-corrected chi connectivity index (χ4v) is 8.83. The number of aliphatic hydroxyl groups is 1. The number of para-hydroxylation sites is 1. The molecule has 11 heteroatoms. The quantitative estimate of drug-likeness (QED) is 0.361. The van der Waals surface area contributed by atoms with Crippen molar-refractivity contribution in [3.8, 4) is 0 Å². The van der Waals surface area contributed by atoms with Gasteiger partial charge in [0.1, 0.15) is 18.2 Å². The van der Waals surface area contributed by atoms with Gasteiger partial charge >= 0.3 is 5.97 Å². The third kappa shape index (κ3) is 3.87. The summed E-state index contributed by atoms with van der Waals surface area (Å²) in [6.45, 7) is 4.76. The number of unbranched alkanes of at least 4 members (excludes halogenated alkanes) is 2. The minimum absolute atomic E-state index is 0.0286. The number of aliphatic hydroxyl groups excluding tert-OH is 1. The first kappa shape index (κ1) is 25.0. The summed E-state index contributed by atoms with van der Waals surface area (Å²) in [4.78, 5) is 42.4. The summed E-state index contributed by atoms with van der Waals surface area (Å²) in [5, 5.41) is 20.5. The number of thioether (sulfide) groups is 1. The highest BCUT2D eigenvalue weighted by atomic mass is 32.2. The molecule has 0 saturated carbocycles. The first-order valence-electron chi connectivity index (χ1n) is 12.8. The highest BCUT2D eigenvalue weighted by Gasteiger charge is 2.76. The standard InChI is InChI=1S/C25H33N5O5S/c1-3-35-24(34)19-18-13-15(2)25(36-18)20(19)23(33)29(11-7-4-8-12-31)21(25)22(32)26-14-30-17-10-6-5-9-16(17)27-28-30/h5-6,9-10,15,18-21,31H,3-4,7-8,11-14H2,1-2H3,(H,26,32)/t15?,18-,19+,20+,21?,25?/m1/s1. The van der Waals surface area contributed by atoms with Gasteiger partial charge in [0.25, 0.3) is 0 Å². The van der Waals surface area contributed by atoms with Crippen LogP contribution < -0.4 is 5.32 Å². The van der Waals surface area contributed by atoms with Gasteiger partial charge in [-0.05, 0) is 50.7 Å². The first-order chi connectivity index (χ1) is 17.4. The van der Waals surface area contributed by atoms with Crippen LogP contribution in [0.2, 0.25) is 0 Å². The van der Waals surface area contributed by atoms with Gasteiger partial charge in [-0.25, -0.2) is 4.68 Å². The maximum Gasteiger partial charge on any atom is 0.310 e. The molecule has 1 spiro atoms. The fourth-order valence-electron chi connectivity index (χ4n) is 6.42. The van der Waals surface area contributed by atoms with Crippen LogP contribution in [0.5, 0.6) is 0 Å². The highest BCUT2D eigenvalue weighted by Crippen LogP contribution is 2.68. The van der Waals surface area contributed by atoms with E-state index in [9.17, 15) is 19.5 Å². The van der Waals surface area contributed by atoms with Crippen molar-refractivity contribution in [3.63, 3.8) is 0 Å². The number of esters is 1. The second-order valence-electron chi connectivity index (χ2n) is 9.90. The predicted molar refractivity (Wildman–Crippen MR) is 134 cm³/mol. The van der Waals surface area contributed by atoms with Crippen LogP contribution in [0.3, 0.4) is 0 Å². The molecule has 3 fully saturated rings. The van der Waals surface area contributed by atoms with Crippen LogP contribution in [-0.4, -0.2) is 78.6 Å². The van der Waals surface area contributed by atoms with E-state index >= 15 is 0 Å². The molecule has 6 atom stereocenters. The van der Waals surface area contributed by atoms with Gasteiger partial charge < -0.3 is 20.1 Å². The molecule has 2 aromatic rings. The molecule has 2 bridgehead atoms. The molecule has 4 heterocycles. The van der Waals surface area contributed by atoms with Gasteiger partial charge in [-0.3, -0.25) is 14.4 Å². The lowest BCUT2D eigenvalue weighted by molar-refractivity contribution is -0.154. The number of aromatic nitrogens is 3. The molecular weight excluding hydrogens is 482 g/mol. The first-order valence-corrected chi connectivity index (χ1v) is 13.6. The van der Waals surface area contributed by atoms with Crippen molar-refractivity contribution >= 4 is 40.6 Å². The van der Waals surface area contributed by atoms with Crippen LogP contribution in [0.1, 0.15) is 39.5 Å². The van der Waals surface area contributed by atoms with Crippen LogP contribution in [0.25, 0.3) is 11.0 Å². The Hall–Kier alpha value is -2.66. The maximum absolute atomic E-state index is 13.9. The Morgan fingerprint density at radius 2 is 2.08 bits per heavy atom. The number of nitrogens with zero attached hydrogens (tertiary/aromatic N) is 4. The Labute approximate surface area is 214 Å². The van der Waals surface area contributed by atoms with Gasteiger partial charge in [0.15, 0.2) is 0 Å². The summed E-state index contributed by atoms with van der Waals surface area (Å²) in [5.74, 6) is -1.72. The molecule has 1 aromatic heterocycles. The minimum atomic E-state index is -0.691. The van der Waals surface area contributed by atoms with Crippen molar-refractivity contribution in [3.05, 3.63) is 24.3 Å². The average molecular weight is 516 g/mol. The number of ether oxygens (including phenoxy) is 1. The maximum atomic E-state index is 13.9. The Bertz CT molecular complexity index is 1160. The third-order valence-corrected chi connectivity index (χ3v) is 10.0. The third-order valence-electron chi connectivity index (χ3n) is 7.93. The topological polar surface area (TPSA) is 127 Å². The smallest absolute Gasteiger partial charge is 0.310 e. The molecule has 0 radical (unpaired) electrons. The predicted octanol–water partition coefficient (Wildman–Crippen LogP) is 1.57. The Morgan fingerprint density at radius 1 is 1.28 bits per heavy atom. The lowest BCUT2D eigenvalue weighted by Gasteiger charge is -2.38. The second kappa shape index (κ2) is 10.0. The van der Waals surface area contributed by atoms with E-state index in [4.69, 9.17) is 4.74 Å². The van der Waals surface area contributed by atoms with Crippen LogP contribution in [0.15, 0.2) is 24.3 Å². The minimum Gasteiger partial charge on any atom is -0.466 e. The molecule has 2 amide bonds. The number of nitrogens with one attached hydrogen (secondary N) is 1. The lowest BCUT2D eigenvalue weighted by atomic mass is 9.66. The van der Waals surface area contributed by atoms with E-state index in [-0.39, 0.29) is 48.8 Å².